The van der Waals surface area contributed by atoms with Gasteiger partial charge in [-0.25, -0.2) is 4.98 Å². The summed E-state index contributed by atoms with van der Waals surface area (Å²) in [5, 5.41) is 14.6. The predicted octanol–water partition coefficient (Wildman–Crippen LogP) is 1.66. The van der Waals surface area contributed by atoms with Crippen LogP contribution in [-0.2, 0) is 4.79 Å². The molecule has 2 unspecified atom stereocenters. The van der Waals surface area contributed by atoms with E-state index in [1.165, 1.54) is 0 Å². The standard InChI is InChI=1S/C9H14N2O2S/c1-3-7(8-10-4-5-14-8)11-6(2)9(12)13/h4-7,11H,3H2,1-2H3,(H,12,13). The topological polar surface area (TPSA) is 62.2 Å². The molecule has 2 N–H and O–H groups in total. The van der Waals surface area contributed by atoms with E-state index in [-0.39, 0.29) is 6.04 Å². The lowest BCUT2D eigenvalue weighted by Crippen LogP contribution is -2.36. The lowest BCUT2D eigenvalue weighted by Gasteiger charge is -2.17. The summed E-state index contributed by atoms with van der Waals surface area (Å²) in [6.45, 7) is 3.65. The van der Waals surface area contributed by atoms with Crippen LogP contribution in [0.2, 0.25) is 0 Å². The Morgan fingerprint density at radius 2 is 2.50 bits per heavy atom. The molecule has 1 aromatic heterocycles. The zero-order valence-corrected chi connectivity index (χ0v) is 9.04. The monoisotopic (exact) mass is 214 g/mol. The van der Waals surface area contributed by atoms with Gasteiger partial charge in [-0.2, -0.15) is 0 Å². The summed E-state index contributed by atoms with van der Waals surface area (Å²) in [6, 6.07) is -0.495. The van der Waals surface area contributed by atoms with Crippen molar-refractivity contribution in [2.45, 2.75) is 32.4 Å². The van der Waals surface area contributed by atoms with Crippen molar-refractivity contribution in [3.63, 3.8) is 0 Å². The van der Waals surface area contributed by atoms with E-state index in [2.05, 4.69) is 10.3 Å². The number of aromatic nitrogens is 1. The number of carboxylic acids is 1. The zero-order chi connectivity index (χ0) is 10.6. The third kappa shape index (κ3) is 2.78. The second-order valence-electron chi connectivity index (χ2n) is 3.06. The Kier molecular flexibility index (Phi) is 4.03. The van der Waals surface area contributed by atoms with E-state index in [4.69, 9.17) is 5.11 Å². The highest BCUT2D eigenvalue weighted by Crippen LogP contribution is 2.19. The summed E-state index contributed by atoms with van der Waals surface area (Å²) in [4.78, 5) is 14.8. The van der Waals surface area contributed by atoms with Crippen molar-refractivity contribution >= 4 is 17.3 Å². The largest absolute Gasteiger partial charge is 0.480 e. The van der Waals surface area contributed by atoms with Gasteiger partial charge in [-0.05, 0) is 13.3 Å². The zero-order valence-electron chi connectivity index (χ0n) is 8.23. The van der Waals surface area contributed by atoms with Crippen LogP contribution >= 0.6 is 11.3 Å². The number of carbonyl (C=O) groups is 1. The Labute approximate surface area is 87.0 Å². The van der Waals surface area contributed by atoms with Crippen molar-refractivity contribution in [1.29, 1.82) is 0 Å². The highest BCUT2D eigenvalue weighted by Gasteiger charge is 2.18. The van der Waals surface area contributed by atoms with E-state index in [9.17, 15) is 4.79 Å². The van der Waals surface area contributed by atoms with E-state index in [1.807, 2.05) is 12.3 Å². The Morgan fingerprint density at radius 3 is 2.93 bits per heavy atom. The third-order valence-corrected chi connectivity index (χ3v) is 2.87. The van der Waals surface area contributed by atoms with Crippen molar-refractivity contribution in [3.8, 4) is 0 Å². The molecule has 5 heteroatoms. The minimum absolute atomic E-state index is 0.0427. The van der Waals surface area contributed by atoms with E-state index in [0.29, 0.717) is 0 Å². The molecule has 1 aromatic rings. The SMILES string of the molecule is CCC(NC(C)C(=O)O)c1nccs1. The molecule has 0 fully saturated rings. The van der Waals surface area contributed by atoms with Crippen molar-refractivity contribution in [3.05, 3.63) is 16.6 Å². The van der Waals surface area contributed by atoms with Gasteiger partial charge in [0.2, 0.25) is 0 Å². The number of carboxylic acid groups (broad SMARTS) is 1. The Balaban J connectivity index is 2.60. The molecule has 14 heavy (non-hydrogen) atoms. The molecule has 1 heterocycles. The summed E-state index contributed by atoms with van der Waals surface area (Å²) in [5.41, 5.74) is 0. The van der Waals surface area contributed by atoms with Crippen LogP contribution in [0, 0.1) is 0 Å². The van der Waals surface area contributed by atoms with Crippen LogP contribution in [0.3, 0.4) is 0 Å². The number of rotatable bonds is 5. The second-order valence-corrected chi connectivity index (χ2v) is 3.98. The van der Waals surface area contributed by atoms with Crippen molar-refractivity contribution in [2.75, 3.05) is 0 Å². The van der Waals surface area contributed by atoms with Gasteiger partial charge in [0.15, 0.2) is 0 Å². The Bertz CT molecular complexity index is 287. The maximum absolute atomic E-state index is 10.6. The molecule has 0 spiro atoms. The first kappa shape index (κ1) is 11.1. The van der Waals surface area contributed by atoms with Crippen LogP contribution in [0.5, 0.6) is 0 Å². The van der Waals surface area contributed by atoms with Crippen LogP contribution < -0.4 is 5.32 Å². The number of nitrogens with one attached hydrogen (secondary N) is 1. The van der Waals surface area contributed by atoms with Gasteiger partial charge in [0.1, 0.15) is 11.0 Å². The minimum atomic E-state index is -0.833. The molecule has 0 aliphatic carbocycles. The molecule has 0 saturated heterocycles. The Hall–Kier alpha value is -0.940. The van der Waals surface area contributed by atoms with Crippen LogP contribution in [0.1, 0.15) is 31.3 Å². The summed E-state index contributed by atoms with van der Waals surface area (Å²) < 4.78 is 0. The fourth-order valence-electron chi connectivity index (χ4n) is 1.14. The first-order chi connectivity index (χ1) is 6.65. The molecule has 0 saturated carbocycles. The molecule has 0 aliphatic rings. The van der Waals surface area contributed by atoms with Gasteiger partial charge in [-0.3, -0.25) is 10.1 Å². The highest BCUT2D eigenvalue weighted by atomic mass is 32.1. The normalized spacial score (nSPS) is 15.0. The molecule has 0 aromatic carbocycles. The molecular formula is C9H14N2O2S. The first-order valence-corrected chi connectivity index (χ1v) is 5.41. The maximum Gasteiger partial charge on any atom is 0.320 e. The van der Waals surface area contributed by atoms with Crippen LogP contribution in [0.4, 0.5) is 0 Å². The van der Waals surface area contributed by atoms with Gasteiger partial charge in [-0.1, -0.05) is 6.92 Å². The van der Waals surface area contributed by atoms with Gasteiger partial charge in [0.05, 0.1) is 6.04 Å². The highest BCUT2D eigenvalue weighted by molar-refractivity contribution is 7.09. The van der Waals surface area contributed by atoms with E-state index < -0.39 is 12.0 Å². The van der Waals surface area contributed by atoms with Crippen LogP contribution in [-0.4, -0.2) is 22.1 Å². The molecule has 0 bridgehead atoms. The second kappa shape index (κ2) is 5.07. The van der Waals surface area contributed by atoms with E-state index in [1.54, 1.807) is 24.5 Å². The van der Waals surface area contributed by atoms with Gasteiger partial charge < -0.3 is 5.11 Å². The number of thiazole rings is 1. The van der Waals surface area contributed by atoms with Gasteiger partial charge in [0, 0.05) is 11.6 Å². The quantitative estimate of drug-likeness (QED) is 0.782. The minimum Gasteiger partial charge on any atom is -0.480 e. The molecule has 0 radical (unpaired) electrons. The fourth-order valence-corrected chi connectivity index (χ4v) is 1.93. The molecule has 78 valence electrons. The van der Waals surface area contributed by atoms with Crippen LogP contribution in [0.15, 0.2) is 11.6 Å². The molecule has 2 atom stereocenters. The summed E-state index contributed by atoms with van der Waals surface area (Å²) in [5.74, 6) is -0.833. The van der Waals surface area contributed by atoms with Gasteiger partial charge in [-0.15, -0.1) is 11.3 Å². The number of hydrogen-bond acceptors (Lipinski definition) is 4. The van der Waals surface area contributed by atoms with Gasteiger partial charge in [0.25, 0.3) is 0 Å². The van der Waals surface area contributed by atoms with Crippen molar-refractivity contribution in [1.82, 2.24) is 10.3 Å². The summed E-state index contributed by atoms with van der Waals surface area (Å²) in [6.07, 6.45) is 2.57. The fraction of sp³-hybridized carbons (Fsp3) is 0.556. The average Bonchev–Trinajstić information content (AvgIpc) is 2.66. The molecule has 0 amide bonds. The molecule has 1 rings (SSSR count). The average molecular weight is 214 g/mol. The lowest BCUT2D eigenvalue weighted by atomic mass is 10.2. The summed E-state index contributed by atoms with van der Waals surface area (Å²) >= 11 is 1.54. The molecule has 0 aliphatic heterocycles. The van der Waals surface area contributed by atoms with Crippen LogP contribution in [0.25, 0.3) is 0 Å². The summed E-state index contributed by atoms with van der Waals surface area (Å²) in [7, 11) is 0. The third-order valence-electron chi connectivity index (χ3n) is 1.98. The Morgan fingerprint density at radius 1 is 1.79 bits per heavy atom. The predicted molar refractivity (Wildman–Crippen MR) is 55.4 cm³/mol. The van der Waals surface area contributed by atoms with Crippen molar-refractivity contribution in [2.24, 2.45) is 0 Å². The van der Waals surface area contributed by atoms with Gasteiger partial charge >= 0.3 is 5.97 Å². The molecule has 4 nitrogen and oxygen atoms in total. The first-order valence-electron chi connectivity index (χ1n) is 4.53. The van der Waals surface area contributed by atoms with E-state index in [0.717, 1.165) is 11.4 Å². The van der Waals surface area contributed by atoms with Crippen molar-refractivity contribution < 1.29 is 9.90 Å². The number of hydrogen-bond donors (Lipinski definition) is 2. The maximum atomic E-state index is 10.6. The lowest BCUT2D eigenvalue weighted by molar-refractivity contribution is -0.139. The smallest absolute Gasteiger partial charge is 0.320 e. The number of aliphatic carboxylic acids is 1. The molecular weight excluding hydrogens is 200 g/mol. The number of nitrogens with zero attached hydrogens (tertiary/aromatic N) is 1. The van der Waals surface area contributed by atoms with E-state index >= 15 is 0 Å².